The summed E-state index contributed by atoms with van der Waals surface area (Å²) in [7, 11) is 0. The van der Waals surface area contributed by atoms with Crippen LogP contribution < -0.4 is 0 Å². The first kappa shape index (κ1) is 49.8. The van der Waals surface area contributed by atoms with Crippen LogP contribution >= 0.6 is 71.2 Å². The molecule has 0 saturated heterocycles. The summed E-state index contributed by atoms with van der Waals surface area (Å²) in [6.45, 7) is 13.7. The molecular formula is C53H50Cl6Zr. The van der Waals surface area contributed by atoms with E-state index in [1.54, 1.807) is 0 Å². The van der Waals surface area contributed by atoms with Crippen LogP contribution in [0.4, 0.5) is 0 Å². The number of hydrogen-bond donors (Lipinski definition) is 0. The van der Waals surface area contributed by atoms with Crippen molar-refractivity contribution >= 4 is 96.0 Å². The molecule has 0 N–H and O–H groups in total. The Bertz CT molecular complexity index is 2390. The van der Waals surface area contributed by atoms with Gasteiger partial charge < -0.3 is 0 Å². The summed E-state index contributed by atoms with van der Waals surface area (Å²) >= 11 is 25.6. The fourth-order valence-electron chi connectivity index (χ4n) is 7.18. The van der Waals surface area contributed by atoms with Crippen LogP contribution in [0.3, 0.4) is 0 Å². The van der Waals surface area contributed by atoms with E-state index >= 15 is 0 Å². The molecule has 0 aromatic heterocycles. The van der Waals surface area contributed by atoms with Crippen LogP contribution in [0.15, 0.2) is 146 Å². The molecule has 0 saturated carbocycles. The monoisotopic (exact) mass is 986 g/mol. The Morgan fingerprint density at radius 3 is 1.18 bits per heavy atom. The Morgan fingerprint density at radius 1 is 0.550 bits per heavy atom. The van der Waals surface area contributed by atoms with Gasteiger partial charge in [-0.2, -0.15) is 6.08 Å². The van der Waals surface area contributed by atoms with Crippen molar-refractivity contribution < 1.29 is 24.2 Å². The van der Waals surface area contributed by atoms with Crippen LogP contribution in [0.2, 0.25) is 20.1 Å². The molecule has 0 amide bonds. The van der Waals surface area contributed by atoms with Crippen LogP contribution in [-0.4, -0.2) is 3.21 Å². The molecule has 60 heavy (non-hydrogen) atoms. The Morgan fingerprint density at radius 2 is 0.900 bits per heavy atom. The van der Waals surface area contributed by atoms with E-state index in [0.717, 1.165) is 39.4 Å². The van der Waals surface area contributed by atoms with Crippen molar-refractivity contribution in [3.63, 3.8) is 0 Å². The number of halogens is 6. The minimum atomic E-state index is 0. The normalized spacial score (nSPS) is 11.9. The Hall–Kier alpha value is -2.84. The summed E-state index contributed by atoms with van der Waals surface area (Å²) in [5.41, 5.74) is 10.3. The van der Waals surface area contributed by atoms with Gasteiger partial charge in [0.05, 0.1) is 0 Å². The second-order valence-electron chi connectivity index (χ2n) is 16.8. The molecule has 0 unspecified atom stereocenters. The van der Waals surface area contributed by atoms with Crippen molar-refractivity contribution in [1.29, 1.82) is 0 Å². The molecule has 0 radical (unpaired) electrons. The number of fused-ring (bicyclic) bond motifs is 3. The van der Waals surface area contributed by atoms with Crippen molar-refractivity contribution in [3.05, 3.63) is 194 Å². The van der Waals surface area contributed by atoms with Crippen molar-refractivity contribution in [2.24, 2.45) is 0 Å². The molecule has 0 aliphatic heterocycles. The first-order valence-electron chi connectivity index (χ1n) is 19.6. The average Bonchev–Trinajstić information content (AvgIpc) is 3.88. The summed E-state index contributed by atoms with van der Waals surface area (Å²) in [5.74, 6) is 0. The fraction of sp³-hybridized carbons (Fsp3) is 0.208. The van der Waals surface area contributed by atoms with Crippen molar-refractivity contribution in [3.8, 4) is 22.3 Å². The molecule has 7 heteroatoms. The summed E-state index contributed by atoms with van der Waals surface area (Å²) in [6, 6.07) is 44.4. The van der Waals surface area contributed by atoms with E-state index in [1.807, 2.05) is 60.7 Å². The largest absolute Gasteiger partial charge is 0.273 e. The molecule has 0 nitrogen and oxygen atoms in total. The minimum Gasteiger partial charge on any atom is -0.273 e. The van der Waals surface area contributed by atoms with Crippen LogP contribution in [0.25, 0.3) is 43.8 Å². The van der Waals surface area contributed by atoms with E-state index in [2.05, 4.69) is 133 Å². The van der Waals surface area contributed by atoms with Crippen LogP contribution in [0.5, 0.6) is 0 Å². The SMILES string of the molecule is CC(C)(C)c1cc2c(cc1-c1ccc(Cl)cc1)[cH-]c1cc(-c3ccc(Cl)cc3)c(C(C)(C)C)cc12.Cl.Cl.Clc1ccc(C[C](=[Zr+2])Cc2ccc(Cl)cc2)cc1.[C-]1=CC=CC1. The van der Waals surface area contributed by atoms with Gasteiger partial charge in [0, 0.05) is 10.0 Å². The first-order valence-corrected chi connectivity index (χ1v) is 22.3. The Kier molecular flexibility index (Phi) is 18.3. The number of hydrogen-bond acceptors (Lipinski definition) is 0. The summed E-state index contributed by atoms with van der Waals surface area (Å²) < 4.78 is 1.52. The zero-order valence-electron chi connectivity index (χ0n) is 34.8. The van der Waals surface area contributed by atoms with E-state index in [-0.39, 0.29) is 35.6 Å². The second-order valence-corrected chi connectivity index (χ2v) is 20.3. The summed E-state index contributed by atoms with van der Waals surface area (Å²) in [4.78, 5) is 0. The number of rotatable bonds is 6. The van der Waals surface area contributed by atoms with Gasteiger partial charge in [0.25, 0.3) is 0 Å². The third kappa shape index (κ3) is 13.3. The molecule has 7 aromatic rings. The molecule has 0 bridgehead atoms. The molecule has 7 aromatic carbocycles. The molecule has 0 fully saturated rings. The van der Waals surface area contributed by atoms with E-state index in [9.17, 15) is 0 Å². The third-order valence-electron chi connectivity index (χ3n) is 10.2. The van der Waals surface area contributed by atoms with Crippen LogP contribution in [-0.2, 0) is 47.9 Å². The standard InChI is InChI=1S/C33H31Cl2.C15H12Cl2.C5H5.2ClH.Zr/c1-32(2,3)30-18-26-22(16-28(30)20-7-11-24(34)12-8-20)15-23-17-29(21-9-13-25(35)14-10-21)31(19-27(23)26)33(4,5)6;16-14-8-4-12(5-9-14)2-1-3-13-6-10-15(17)11-7-13;1-2-4-5-3-1;;;/h7-19H,1-6H3;4-11H,2-3H2;1-3H,4H2;2*1H;/q-1;;-1;;;+2. The zero-order valence-corrected chi connectivity index (χ0v) is 41.9. The molecule has 0 spiro atoms. The van der Waals surface area contributed by atoms with Crippen molar-refractivity contribution in [2.45, 2.75) is 71.6 Å². The van der Waals surface area contributed by atoms with Gasteiger partial charge >= 0.3 is 133 Å². The maximum Gasteiger partial charge on any atom is -0.109 e. The predicted octanol–water partition coefficient (Wildman–Crippen LogP) is 17.6. The Balaban J connectivity index is 0.000000265. The third-order valence-corrected chi connectivity index (χ3v) is 12.0. The summed E-state index contributed by atoms with van der Waals surface area (Å²) in [6.07, 6.45) is 12.1. The Labute approximate surface area is 404 Å². The molecule has 8 rings (SSSR count). The molecule has 308 valence electrons. The molecular weight excluding hydrogens is 941 g/mol. The molecule has 1 aliphatic rings. The van der Waals surface area contributed by atoms with E-state index in [4.69, 9.17) is 46.4 Å². The van der Waals surface area contributed by atoms with Crippen molar-refractivity contribution in [2.75, 3.05) is 0 Å². The number of benzene rings is 6. The van der Waals surface area contributed by atoms with Gasteiger partial charge in [0.15, 0.2) is 0 Å². The predicted molar refractivity (Wildman–Crippen MR) is 267 cm³/mol. The zero-order chi connectivity index (χ0) is 41.6. The topological polar surface area (TPSA) is 0 Å². The molecule has 0 atom stereocenters. The quantitative estimate of drug-likeness (QED) is 0.146. The fourth-order valence-corrected chi connectivity index (χ4v) is 8.69. The second kappa shape index (κ2) is 22.0. The molecule has 0 heterocycles. The van der Waals surface area contributed by atoms with Gasteiger partial charge in [0.2, 0.25) is 0 Å². The average molecular weight is 991 g/mol. The van der Waals surface area contributed by atoms with Gasteiger partial charge in [-0.1, -0.05) is 101 Å². The van der Waals surface area contributed by atoms with Crippen LogP contribution in [0.1, 0.15) is 70.2 Å². The van der Waals surface area contributed by atoms with Gasteiger partial charge in [-0.25, -0.2) is 12.2 Å². The maximum absolute atomic E-state index is 6.20. The molecule has 1 aliphatic carbocycles. The summed E-state index contributed by atoms with van der Waals surface area (Å²) in [5, 5.41) is 8.28. The van der Waals surface area contributed by atoms with Gasteiger partial charge in [-0.3, -0.25) is 6.08 Å². The van der Waals surface area contributed by atoms with E-state index in [0.29, 0.717) is 0 Å². The van der Waals surface area contributed by atoms with Gasteiger partial charge in [0.1, 0.15) is 0 Å². The number of allylic oxidation sites excluding steroid dienone is 4. The van der Waals surface area contributed by atoms with Crippen LogP contribution in [0, 0.1) is 6.08 Å². The first-order chi connectivity index (χ1) is 27.5. The van der Waals surface area contributed by atoms with E-state index in [1.165, 1.54) is 93.5 Å². The minimum absolute atomic E-state index is 0. The maximum atomic E-state index is 6.20. The van der Waals surface area contributed by atoms with Crippen molar-refractivity contribution in [1.82, 2.24) is 0 Å². The van der Waals surface area contributed by atoms with E-state index < -0.39 is 0 Å². The van der Waals surface area contributed by atoms with Gasteiger partial charge in [-0.05, 0) is 68.5 Å². The smallest absolute Gasteiger partial charge is 0.109 e. The van der Waals surface area contributed by atoms with Gasteiger partial charge in [-0.15, -0.1) is 71.0 Å².